The summed E-state index contributed by atoms with van der Waals surface area (Å²) >= 11 is 5.34. The second-order valence-corrected chi connectivity index (χ2v) is 6.28. The van der Waals surface area contributed by atoms with Gasteiger partial charge < -0.3 is 5.32 Å². The van der Waals surface area contributed by atoms with Crippen LogP contribution in [0.1, 0.15) is 11.6 Å². The van der Waals surface area contributed by atoms with E-state index in [0.717, 1.165) is 6.07 Å². The average molecular weight is 305 g/mol. The normalized spacial score (nSPS) is 19.7. The van der Waals surface area contributed by atoms with E-state index >= 15 is 0 Å². The van der Waals surface area contributed by atoms with E-state index in [1.165, 1.54) is 12.1 Å². The van der Waals surface area contributed by atoms with E-state index < -0.39 is 26.7 Å². The Morgan fingerprint density at radius 2 is 2.21 bits per heavy atom. The van der Waals surface area contributed by atoms with Crippen LogP contribution < -0.4 is 5.32 Å². The number of hydrogen-bond acceptors (Lipinski definition) is 5. The predicted molar refractivity (Wildman–Crippen MR) is 66.8 cm³/mol. The quantitative estimate of drug-likeness (QED) is 0.504. The maximum Gasteiger partial charge on any atom is 0.270 e. The Morgan fingerprint density at radius 3 is 2.79 bits per heavy atom. The average Bonchev–Trinajstić information content (AvgIpc) is 2.60. The highest BCUT2D eigenvalue weighted by Crippen LogP contribution is 2.35. The molecule has 1 atom stereocenters. The Hall–Kier alpha value is -1.67. The van der Waals surface area contributed by atoms with Crippen molar-refractivity contribution >= 4 is 33.0 Å². The van der Waals surface area contributed by atoms with E-state index in [4.69, 9.17) is 11.6 Å². The lowest BCUT2D eigenvalue weighted by Gasteiger charge is -2.10. The van der Waals surface area contributed by atoms with Crippen LogP contribution >= 0.6 is 11.6 Å². The van der Waals surface area contributed by atoms with E-state index in [-0.39, 0.29) is 22.2 Å². The summed E-state index contributed by atoms with van der Waals surface area (Å²) in [4.78, 5) is 21.1. The molecule has 0 spiro atoms. The summed E-state index contributed by atoms with van der Waals surface area (Å²) in [7, 11) is -3.63. The largest absolute Gasteiger partial charge is 0.347 e. The van der Waals surface area contributed by atoms with Crippen molar-refractivity contribution in [3.05, 3.63) is 33.9 Å². The Kier molecular flexibility index (Phi) is 3.46. The zero-order valence-electron chi connectivity index (χ0n) is 9.50. The molecule has 0 fully saturated rings. The molecule has 0 radical (unpaired) electrons. The first-order chi connectivity index (χ1) is 8.85. The van der Waals surface area contributed by atoms with Crippen LogP contribution in [0.5, 0.6) is 0 Å². The van der Waals surface area contributed by atoms with Gasteiger partial charge in [0.05, 0.1) is 21.6 Å². The van der Waals surface area contributed by atoms with Crippen molar-refractivity contribution in [1.82, 2.24) is 5.32 Å². The number of alkyl halides is 1. The van der Waals surface area contributed by atoms with Gasteiger partial charge in [0.15, 0.2) is 9.84 Å². The molecule has 1 amide bonds. The molecular weight excluding hydrogens is 296 g/mol. The smallest absolute Gasteiger partial charge is 0.270 e. The Bertz CT molecular complexity index is 658. The zero-order chi connectivity index (χ0) is 14.2. The molecule has 1 aliphatic rings. The predicted octanol–water partition coefficient (Wildman–Crippen LogP) is 0.778. The fraction of sp³-hybridized carbons (Fsp3) is 0.300. The van der Waals surface area contributed by atoms with Gasteiger partial charge in [-0.1, -0.05) is 0 Å². The van der Waals surface area contributed by atoms with Crippen molar-refractivity contribution in [1.29, 1.82) is 0 Å². The van der Waals surface area contributed by atoms with Gasteiger partial charge in [0.2, 0.25) is 5.91 Å². The van der Waals surface area contributed by atoms with E-state index in [0.29, 0.717) is 5.56 Å². The summed E-state index contributed by atoms with van der Waals surface area (Å²) < 4.78 is 23.8. The lowest BCUT2D eigenvalue weighted by atomic mass is 10.1. The van der Waals surface area contributed by atoms with Gasteiger partial charge in [0, 0.05) is 12.1 Å². The highest BCUT2D eigenvalue weighted by molar-refractivity contribution is 7.91. The molecule has 19 heavy (non-hydrogen) atoms. The Balaban J connectivity index is 2.45. The van der Waals surface area contributed by atoms with Crippen LogP contribution in [0.15, 0.2) is 23.1 Å². The molecule has 102 valence electrons. The fourth-order valence-electron chi connectivity index (χ4n) is 1.95. The number of benzene rings is 1. The van der Waals surface area contributed by atoms with Crippen molar-refractivity contribution in [2.75, 3.05) is 11.6 Å². The summed E-state index contributed by atoms with van der Waals surface area (Å²) in [5.41, 5.74) is 0.0516. The molecule has 1 aliphatic heterocycles. The number of fused-ring (bicyclic) bond motifs is 1. The number of amides is 1. The second kappa shape index (κ2) is 4.78. The first kappa shape index (κ1) is 13.8. The van der Waals surface area contributed by atoms with Crippen molar-refractivity contribution < 1.29 is 18.1 Å². The lowest BCUT2D eigenvalue weighted by molar-refractivity contribution is -0.385. The molecule has 1 unspecified atom stereocenters. The van der Waals surface area contributed by atoms with Crippen LogP contribution in [0.2, 0.25) is 0 Å². The molecular formula is C10H9ClN2O5S. The number of nitrogens with zero attached hydrogens (tertiary/aromatic N) is 1. The third-order valence-electron chi connectivity index (χ3n) is 2.76. The molecule has 0 saturated heterocycles. The molecule has 1 aromatic rings. The number of nitro groups is 1. The third kappa shape index (κ3) is 2.54. The van der Waals surface area contributed by atoms with Gasteiger partial charge in [-0.05, 0) is 11.6 Å². The van der Waals surface area contributed by atoms with Crippen LogP contribution in [0.4, 0.5) is 5.69 Å². The molecule has 0 aromatic heterocycles. The fourth-order valence-corrected chi connectivity index (χ4v) is 3.77. The second-order valence-electron chi connectivity index (χ2n) is 4.01. The van der Waals surface area contributed by atoms with E-state index in [2.05, 4.69) is 5.32 Å². The lowest BCUT2D eigenvalue weighted by Crippen LogP contribution is -2.30. The summed E-state index contributed by atoms with van der Waals surface area (Å²) in [5, 5.41) is 13.1. The number of sulfone groups is 1. The van der Waals surface area contributed by atoms with Gasteiger partial charge in [0.1, 0.15) is 5.88 Å². The topological polar surface area (TPSA) is 106 Å². The van der Waals surface area contributed by atoms with Crippen molar-refractivity contribution in [2.45, 2.75) is 10.9 Å². The van der Waals surface area contributed by atoms with E-state index in [9.17, 15) is 23.3 Å². The van der Waals surface area contributed by atoms with E-state index in [1.54, 1.807) is 0 Å². The minimum atomic E-state index is -3.63. The SMILES string of the molecule is O=C(CCl)NC1CS(=O)(=O)c2cc([N+](=O)[O-])ccc21. The van der Waals surface area contributed by atoms with Gasteiger partial charge in [0.25, 0.3) is 5.69 Å². The number of rotatable bonds is 3. The van der Waals surface area contributed by atoms with Crippen LogP contribution in [0.25, 0.3) is 0 Å². The number of carbonyl (C=O) groups excluding carboxylic acids is 1. The Morgan fingerprint density at radius 1 is 1.53 bits per heavy atom. The number of hydrogen-bond donors (Lipinski definition) is 1. The molecule has 2 rings (SSSR count). The van der Waals surface area contributed by atoms with Gasteiger partial charge in [-0.2, -0.15) is 0 Å². The van der Waals surface area contributed by atoms with E-state index in [1.807, 2.05) is 0 Å². The van der Waals surface area contributed by atoms with Crippen LogP contribution in [-0.2, 0) is 14.6 Å². The molecule has 0 aliphatic carbocycles. The molecule has 7 nitrogen and oxygen atoms in total. The Labute approximate surface area is 113 Å². The summed E-state index contributed by atoms with van der Waals surface area (Å²) in [6.45, 7) is 0. The summed E-state index contributed by atoms with van der Waals surface area (Å²) in [5.74, 6) is -1.08. The van der Waals surface area contributed by atoms with Crippen molar-refractivity contribution in [2.24, 2.45) is 0 Å². The first-order valence-electron chi connectivity index (χ1n) is 5.21. The molecule has 1 aromatic carbocycles. The number of nitrogens with one attached hydrogen (secondary N) is 1. The highest BCUT2D eigenvalue weighted by atomic mass is 35.5. The van der Waals surface area contributed by atoms with Gasteiger partial charge in [-0.15, -0.1) is 11.6 Å². The maximum absolute atomic E-state index is 11.9. The number of halogens is 1. The summed E-state index contributed by atoms with van der Waals surface area (Å²) in [6, 6.07) is 2.85. The van der Waals surface area contributed by atoms with Crippen LogP contribution in [-0.4, -0.2) is 30.9 Å². The first-order valence-corrected chi connectivity index (χ1v) is 7.40. The monoisotopic (exact) mass is 304 g/mol. The molecule has 0 bridgehead atoms. The van der Waals surface area contributed by atoms with Crippen LogP contribution in [0, 0.1) is 10.1 Å². The van der Waals surface area contributed by atoms with Crippen molar-refractivity contribution in [3.8, 4) is 0 Å². The van der Waals surface area contributed by atoms with Crippen molar-refractivity contribution in [3.63, 3.8) is 0 Å². The number of carbonyl (C=O) groups is 1. The highest BCUT2D eigenvalue weighted by Gasteiger charge is 2.36. The maximum atomic E-state index is 11.9. The van der Waals surface area contributed by atoms with Gasteiger partial charge >= 0.3 is 0 Å². The molecule has 0 saturated carbocycles. The minimum absolute atomic E-state index is 0.110. The van der Waals surface area contributed by atoms with Crippen LogP contribution in [0.3, 0.4) is 0 Å². The zero-order valence-corrected chi connectivity index (χ0v) is 11.1. The molecule has 9 heteroatoms. The summed E-state index contributed by atoms with van der Waals surface area (Å²) in [6.07, 6.45) is 0. The number of nitro benzene ring substituents is 1. The standard InChI is InChI=1S/C10H9ClN2O5S/c11-4-10(14)12-8-5-19(17,18)9-3-6(13(15)16)1-2-7(8)9/h1-3,8H,4-5H2,(H,12,14). The third-order valence-corrected chi connectivity index (χ3v) is 4.80. The minimum Gasteiger partial charge on any atom is -0.347 e. The molecule has 1 heterocycles. The number of non-ortho nitro benzene ring substituents is 1. The van der Waals surface area contributed by atoms with Gasteiger partial charge in [-0.25, -0.2) is 8.42 Å². The van der Waals surface area contributed by atoms with Gasteiger partial charge in [-0.3, -0.25) is 14.9 Å². The molecule has 1 N–H and O–H groups in total.